The second kappa shape index (κ2) is 7.08. The highest BCUT2D eigenvalue weighted by atomic mass is 16.6. The van der Waals surface area contributed by atoms with Crippen molar-refractivity contribution in [2.75, 3.05) is 5.73 Å². The maximum atomic E-state index is 12.5. The molecule has 160 valence electrons. The van der Waals surface area contributed by atoms with E-state index in [2.05, 4.69) is 20.2 Å². The third-order valence-electron chi connectivity index (χ3n) is 5.75. The Morgan fingerprint density at radius 2 is 1.97 bits per heavy atom. The van der Waals surface area contributed by atoms with Crippen LogP contribution in [0.5, 0.6) is 0 Å². The van der Waals surface area contributed by atoms with Gasteiger partial charge in [0, 0.05) is 23.1 Å². The summed E-state index contributed by atoms with van der Waals surface area (Å²) in [5.41, 5.74) is 8.83. The Morgan fingerprint density at radius 3 is 2.71 bits per heavy atom. The largest absolute Gasteiger partial charge is 0.443 e. The van der Waals surface area contributed by atoms with Crippen LogP contribution in [-0.2, 0) is 4.74 Å². The number of hydrogen-bond donors (Lipinski definition) is 2. The van der Waals surface area contributed by atoms with E-state index in [1.165, 1.54) is 17.4 Å². The summed E-state index contributed by atoms with van der Waals surface area (Å²) in [5, 5.41) is 9.13. The predicted molar refractivity (Wildman–Crippen MR) is 120 cm³/mol. The number of benzene rings is 1. The van der Waals surface area contributed by atoms with Crippen molar-refractivity contribution in [1.82, 2.24) is 24.7 Å². The molecule has 0 amide bonds. The predicted octanol–water partition coefficient (Wildman–Crippen LogP) is 5.00. The molecule has 0 aliphatic heterocycles. The highest BCUT2D eigenvalue weighted by Crippen LogP contribution is 2.36. The van der Waals surface area contributed by atoms with Crippen LogP contribution in [0.3, 0.4) is 0 Å². The number of fused-ring (bicyclic) bond motifs is 2. The quantitative estimate of drug-likeness (QED) is 0.474. The molecule has 1 fully saturated rings. The number of nitrogens with one attached hydrogen (secondary N) is 1. The fraction of sp³-hybridized carbons (Fsp3) is 0.391. The van der Waals surface area contributed by atoms with Gasteiger partial charge in [-0.05, 0) is 51.8 Å². The van der Waals surface area contributed by atoms with Crippen LogP contribution in [0.15, 0.2) is 30.5 Å². The van der Waals surface area contributed by atoms with E-state index < -0.39 is 11.7 Å². The lowest BCUT2D eigenvalue weighted by Crippen LogP contribution is -2.26. The Balaban J connectivity index is 1.53. The Kier molecular flexibility index (Phi) is 4.46. The zero-order valence-corrected chi connectivity index (χ0v) is 18.0. The van der Waals surface area contributed by atoms with E-state index in [9.17, 15) is 4.79 Å². The topological polar surface area (TPSA) is 112 Å². The molecule has 1 saturated carbocycles. The molecule has 5 rings (SSSR count). The van der Waals surface area contributed by atoms with Gasteiger partial charge in [0.25, 0.3) is 0 Å². The van der Waals surface area contributed by atoms with E-state index in [0.717, 1.165) is 46.2 Å². The summed E-state index contributed by atoms with van der Waals surface area (Å²) in [5.74, 6) is 1.61. The minimum Gasteiger partial charge on any atom is -0.443 e. The number of carbonyl (C=O) groups excluding carboxylic acids is 1. The number of anilines is 1. The third kappa shape index (κ3) is 3.52. The second-order valence-electron chi connectivity index (χ2n) is 9.19. The summed E-state index contributed by atoms with van der Waals surface area (Å²) in [7, 11) is 0. The fourth-order valence-electron chi connectivity index (χ4n) is 4.31. The number of aromatic nitrogens is 5. The van der Waals surface area contributed by atoms with Gasteiger partial charge in [-0.1, -0.05) is 18.9 Å². The third-order valence-corrected chi connectivity index (χ3v) is 5.75. The van der Waals surface area contributed by atoms with E-state index in [1.54, 1.807) is 6.20 Å². The first-order valence-electron chi connectivity index (χ1n) is 10.7. The van der Waals surface area contributed by atoms with Crippen molar-refractivity contribution in [3.63, 3.8) is 0 Å². The molecule has 3 N–H and O–H groups in total. The van der Waals surface area contributed by atoms with Gasteiger partial charge in [0.05, 0.1) is 16.6 Å². The summed E-state index contributed by atoms with van der Waals surface area (Å²) in [6, 6.07) is 7.71. The lowest BCUT2D eigenvalue weighted by molar-refractivity contribution is 0.0544. The maximum absolute atomic E-state index is 12.5. The molecule has 31 heavy (non-hydrogen) atoms. The van der Waals surface area contributed by atoms with E-state index in [4.69, 9.17) is 10.5 Å². The van der Waals surface area contributed by atoms with Gasteiger partial charge in [0.1, 0.15) is 17.2 Å². The van der Waals surface area contributed by atoms with E-state index in [0.29, 0.717) is 17.4 Å². The Bertz CT molecular complexity index is 1290. The van der Waals surface area contributed by atoms with E-state index in [-0.39, 0.29) is 0 Å². The molecule has 3 heterocycles. The van der Waals surface area contributed by atoms with Gasteiger partial charge in [-0.3, -0.25) is 9.67 Å². The van der Waals surface area contributed by atoms with Crippen LogP contribution in [0, 0.1) is 0 Å². The molecule has 0 spiro atoms. The molecular weight excluding hydrogens is 392 g/mol. The van der Waals surface area contributed by atoms with Gasteiger partial charge in [-0.25, -0.2) is 14.8 Å². The summed E-state index contributed by atoms with van der Waals surface area (Å²) in [4.78, 5) is 21.8. The highest BCUT2D eigenvalue weighted by molar-refractivity contribution is 6.00. The average molecular weight is 419 g/mol. The van der Waals surface area contributed by atoms with Crippen molar-refractivity contribution in [1.29, 1.82) is 0 Å². The zero-order valence-electron chi connectivity index (χ0n) is 18.0. The summed E-state index contributed by atoms with van der Waals surface area (Å²) in [6.07, 6.45) is 5.95. The molecule has 1 aromatic carbocycles. The molecule has 0 radical (unpaired) electrons. The number of nitrogens with two attached hydrogens (primary N) is 1. The number of nitrogen functional groups attached to an aromatic ring is 1. The molecule has 0 unspecified atom stereocenters. The number of H-pyrrole nitrogens is 1. The maximum Gasteiger partial charge on any atom is 0.418 e. The summed E-state index contributed by atoms with van der Waals surface area (Å²) < 4.78 is 7.01. The van der Waals surface area contributed by atoms with Gasteiger partial charge in [-0.15, -0.1) is 0 Å². The number of carbonyl (C=O) groups is 1. The van der Waals surface area contributed by atoms with Crippen LogP contribution in [0.4, 0.5) is 10.6 Å². The van der Waals surface area contributed by atoms with Crippen LogP contribution in [0.2, 0.25) is 0 Å². The minimum atomic E-state index is -0.558. The lowest BCUT2D eigenvalue weighted by atomic mass is 10.1. The molecule has 3 aromatic heterocycles. The van der Waals surface area contributed by atoms with E-state index >= 15 is 0 Å². The monoisotopic (exact) mass is 418 g/mol. The molecular formula is C23H26N6O2. The molecule has 0 saturated heterocycles. The molecule has 8 heteroatoms. The van der Waals surface area contributed by atoms with Crippen molar-refractivity contribution in [2.45, 2.75) is 58.0 Å². The van der Waals surface area contributed by atoms with Crippen LogP contribution < -0.4 is 5.73 Å². The standard InChI is InChI=1S/C23H26N6O2/c1-23(2,3)31-22(30)29-11-10-14-12-15(8-9-16(14)29)18-17-19(24)25-20(13-6-4-5-7-13)26-21(17)28-27-18/h8-13H,4-7H2,1-3H3,(H3,24,25,26,27,28). The molecule has 1 aliphatic rings. The van der Waals surface area contributed by atoms with Crippen molar-refractivity contribution in [3.8, 4) is 11.3 Å². The Labute approximate surface area is 179 Å². The molecule has 1 aliphatic carbocycles. The summed E-state index contributed by atoms with van der Waals surface area (Å²) in [6.45, 7) is 5.55. The number of rotatable bonds is 2. The molecule has 4 aromatic rings. The van der Waals surface area contributed by atoms with Crippen LogP contribution >= 0.6 is 0 Å². The minimum absolute atomic E-state index is 0.371. The second-order valence-corrected chi connectivity index (χ2v) is 9.19. The summed E-state index contributed by atoms with van der Waals surface area (Å²) >= 11 is 0. The van der Waals surface area contributed by atoms with Crippen LogP contribution in [-0.4, -0.2) is 36.4 Å². The van der Waals surface area contributed by atoms with Crippen molar-refractivity contribution in [3.05, 3.63) is 36.3 Å². The first-order valence-corrected chi connectivity index (χ1v) is 10.7. The Hall–Kier alpha value is -3.42. The SMILES string of the molecule is CC(C)(C)OC(=O)n1ccc2cc(-c3[nH]nc4nc(C5CCCC5)nc(N)c34)ccc21. The van der Waals surface area contributed by atoms with Gasteiger partial charge in [-0.2, -0.15) is 5.10 Å². The van der Waals surface area contributed by atoms with E-state index in [1.807, 2.05) is 45.0 Å². The fourth-order valence-corrected chi connectivity index (χ4v) is 4.31. The van der Waals surface area contributed by atoms with Crippen LogP contribution in [0.1, 0.15) is 58.2 Å². The van der Waals surface area contributed by atoms with Crippen molar-refractivity contribution >= 4 is 33.8 Å². The average Bonchev–Trinajstić information content (AvgIpc) is 3.44. The van der Waals surface area contributed by atoms with Crippen LogP contribution in [0.25, 0.3) is 33.2 Å². The lowest BCUT2D eigenvalue weighted by Gasteiger charge is -2.19. The normalized spacial score (nSPS) is 15.2. The molecule has 8 nitrogen and oxygen atoms in total. The first kappa shape index (κ1) is 19.5. The number of aromatic amines is 1. The van der Waals surface area contributed by atoms with Gasteiger partial charge in [0.2, 0.25) is 0 Å². The van der Waals surface area contributed by atoms with Gasteiger partial charge < -0.3 is 10.5 Å². The highest BCUT2D eigenvalue weighted by Gasteiger charge is 2.23. The zero-order chi connectivity index (χ0) is 21.8. The number of nitrogens with zero attached hydrogens (tertiary/aromatic N) is 4. The van der Waals surface area contributed by atoms with Gasteiger partial charge >= 0.3 is 6.09 Å². The van der Waals surface area contributed by atoms with Crippen molar-refractivity contribution < 1.29 is 9.53 Å². The Morgan fingerprint density at radius 1 is 1.19 bits per heavy atom. The smallest absolute Gasteiger partial charge is 0.418 e. The number of ether oxygens (including phenoxy) is 1. The van der Waals surface area contributed by atoms with Crippen molar-refractivity contribution in [2.24, 2.45) is 0 Å². The first-order chi connectivity index (χ1) is 14.8. The molecule has 0 bridgehead atoms. The van der Waals surface area contributed by atoms with Gasteiger partial charge in [0.15, 0.2) is 5.65 Å². The molecule has 0 atom stereocenters. The number of hydrogen-bond acceptors (Lipinski definition) is 6.